The van der Waals surface area contributed by atoms with Crippen molar-refractivity contribution in [1.82, 2.24) is 14.9 Å². The summed E-state index contributed by atoms with van der Waals surface area (Å²) < 4.78 is 6.94. The second-order valence-electron chi connectivity index (χ2n) is 7.49. The van der Waals surface area contributed by atoms with Crippen molar-refractivity contribution in [1.29, 1.82) is 0 Å². The summed E-state index contributed by atoms with van der Waals surface area (Å²) in [6.45, 7) is 6.33. The molecule has 2 N–H and O–H groups in total. The fourth-order valence-corrected chi connectivity index (χ4v) is 3.75. The summed E-state index contributed by atoms with van der Waals surface area (Å²) in [5.74, 6) is -1.30. The zero-order valence-corrected chi connectivity index (χ0v) is 18.8. The molecule has 1 heterocycles. The van der Waals surface area contributed by atoms with Crippen molar-refractivity contribution in [2.75, 3.05) is 6.61 Å². The second-order valence-corrected chi connectivity index (χ2v) is 8.36. The molecule has 0 saturated carbocycles. The van der Waals surface area contributed by atoms with E-state index in [4.69, 9.17) is 27.9 Å². The van der Waals surface area contributed by atoms with Gasteiger partial charge in [-0.25, -0.2) is 4.98 Å². The maximum absolute atomic E-state index is 12.3. The molecule has 9 heteroatoms. The molecule has 0 radical (unpaired) electrons. The Bertz CT molecular complexity index is 849. The maximum Gasteiger partial charge on any atom is 0.323 e. The van der Waals surface area contributed by atoms with Crippen molar-refractivity contribution >= 4 is 35.1 Å². The normalized spacial score (nSPS) is 13.3. The molecule has 0 bridgehead atoms. The van der Waals surface area contributed by atoms with E-state index in [0.29, 0.717) is 28.7 Å². The van der Waals surface area contributed by atoms with E-state index in [-0.39, 0.29) is 18.9 Å². The van der Waals surface area contributed by atoms with E-state index in [1.807, 2.05) is 18.4 Å². The van der Waals surface area contributed by atoms with Crippen LogP contribution in [0.15, 0.2) is 30.7 Å². The first-order valence-corrected chi connectivity index (χ1v) is 10.5. The third-order valence-electron chi connectivity index (χ3n) is 4.47. The number of carboxylic acid groups (broad SMARTS) is 1. The summed E-state index contributed by atoms with van der Waals surface area (Å²) >= 11 is 12.1. The highest BCUT2D eigenvalue weighted by molar-refractivity contribution is 6.34. The molecule has 0 aliphatic heterocycles. The zero-order chi connectivity index (χ0) is 22.3. The quantitative estimate of drug-likeness (QED) is 0.500. The lowest BCUT2D eigenvalue weighted by Crippen LogP contribution is -2.49. The Hall–Kier alpha value is -2.09. The van der Waals surface area contributed by atoms with Gasteiger partial charge in [-0.05, 0) is 43.0 Å². The number of nitrogens with zero attached hydrogens (tertiary/aromatic N) is 2. The molecule has 1 aromatic heterocycles. The van der Waals surface area contributed by atoms with Crippen LogP contribution in [0.2, 0.25) is 10.0 Å². The monoisotopic (exact) mass is 455 g/mol. The average Bonchev–Trinajstić information content (AvgIpc) is 3.06. The molecule has 1 aromatic carbocycles. The number of imidazole rings is 1. The summed E-state index contributed by atoms with van der Waals surface area (Å²) in [5, 5.41) is 13.7. The van der Waals surface area contributed by atoms with Gasteiger partial charge < -0.3 is 14.4 Å². The minimum atomic E-state index is -1.05. The van der Waals surface area contributed by atoms with Gasteiger partial charge in [0.1, 0.15) is 12.1 Å². The van der Waals surface area contributed by atoms with Crippen LogP contribution in [-0.4, -0.2) is 45.3 Å². The van der Waals surface area contributed by atoms with Crippen molar-refractivity contribution in [3.8, 4) is 0 Å². The minimum Gasteiger partial charge on any atom is -0.480 e. The lowest BCUT2D eigenvalue weighted by Gasteiger charge is -2.23. The number of aliphatic carboxylic acids is 1. The summed E-state index contributed by atoms with van der Waals surface area (Å²) in [7, 11) is 0. The molecule has 7 nitrogen and oxygen atoms in total. The first-order valence-electron chi connectivity index (χ1n) is 9.79. The molecule has 0 aliphatic rings. The van der Waals surface area contributed by atoms with Gasteiger partial charge in [0.05, 0.1) is 12.9 Å². The average molecular weight is 456 g/mol. The van der Waals surface area contributed by atoms with E-state index >= 15 is 0 Å². The van der Waals surface area contributed by atoms with Gasteiger partial charge in [0.25, 0.3) is 0 Å². The van der Waals surface area contributed by atoms with Crippen LogP contribution in [0, 0.1) is 5.92 Å². The van der Waals surface area contributed by atoms with E-state index in [0.717, 1.165) is 5.56 Å². The number of hydrogen-bond acceptors (Lipinski definition) is 5. The third kappa shape index (κ3) is 7.31. The van der Waals surface area contributed by atoms with Crippen molar-refractivity contribution in [3.63, 3.8) is 0 Å². The minimum absolute atomic E-state index is 0.150. The summed E-state index contributed by atoms with van der Waals surface area (Å²) in [6.07, 6.45) is 3.87. The predicted molar refractivity (Wildman–Crippen MR) is 116 cm³/mol. The Labute approximate surface area is 186 Å². The van der Waals surface area contributed by atoms with Crippen LogP contribution in [0.5, 0.6) is 0 Å². The number of carbonyl (C=O) groups is 2. The molecule has 0 fully saturated rings. The Morgan fingerprint density at radius 1 is 1.20 bits per heavy atom. The van der Waals surface area contributed by atoms with Crippen LogP contribution >= 0.6 is 23.2 Å². The van der Waals surface area contributed by atoms with Gasteiger partial charge >= 0.3 is 11.9 Å². The van der Waals surface area contributed by atoms with Crippen molar-refractivity contribution in [2.45, 2.75) is 52.2 Å². The van der Waals surface area contributed by atoms with Crippen LogP contribution in [0.4, 0.5) is 0 Å². The predicted octanol–water partition coefficient (Wildman–Crippen LogP) is 3.80. The van der Waals surface area contributed by atoms with Crippen LogP contribution < -0.4 is 5.32 Å². The van der Waals surface area contributed by atoms with Gasteiger partial charge in [-0.3, -0.25) is 14.9 Å². The molecule has 0 aliphatic carbocycles. The van der Waals surface area contributed by atoms with Crippen LogP contribution in [0.1, 0.15) is 38.4 Å². The number of ether oxygens (including phenoxy) is 1. The summed E-state index contributed by atoms with van der Waals surface area (Å²) in [6, 6.07) is 3.56. The highest BCUT2D eigenvalue weighted by Crippen LogP contribution is 2.20. The van der Waals surface area contributed by atoms with Crippen LogP contribution in [-0.2, 0) is 27.3 Å². The summed E-state index contributed by atoms with van der Waals surface area (Å²) in [4.78, 5) is 28.4. The van der Waals surface area contributed by atoms with Crippen molar-refractivity contribution < 1.29 is 19.4 Å². The molecule has 2 rings (SSSR count). The number of rotatable bonds is 11. The number of carbonyl (C=O) groups excluding carboxylic acids is 1. The van der Waals surface area contributed by atoms with Crippen LogP contribution in [0.25, 0.3) is 0 Å². The van der Waals surface area contributed by atoms with E-state index < -0.39 is 24.0 Å². The van der Waals surface area contributed by atoms with E-state index in [9.17, 15) is 14.7 Å². The number of hydrogen-bond donors (Lipinski definition) is 2. The number of benzene rings is 1. The Morgan fingerprint density at radius 3 is 2.43 bits per heavy atom. The Balaban J connectivity index is 2.17. The number of aromatic nitrogens is 2. The molecule has 30 heavy (non-hydrogen) atoms. The molecule has 2 atom stereocenters. The van der Waals surface area contributed by atoms with Crippen molar-refractivity contribution in [2.24, 2.45) is 5.92 Å². The molecular formula is C21H27Cl2N3O4. The van der Waals surface area contributed by atoms with E-state index in [1.54, 1.807) is 37.6 Å². The molecule has 0 saturated heterocycles. The topological polar surface area (TPSA) is 93.5 Å². The summed E-state index contributed by atoms with van der Waals surface area (Å²) in [5.41, 5.74) is 1.58. The fourth-order valence-electron chi connectivity index (χ4n) is 3.18. The Kier molecular flexibility index (Phi) is 9.14. The number of carboxylic acids is 1. The maximum atomic E-state index is 12.3. The number of nitrogens with one attached hydrogen (secondary N) is 1. The molecule has 0 unspecified atom stereocenters. The lowest BCUT2D eigenvalue weighted by atomic mass is 10.0. The van der Waals surface area contributed by atoms with Gasteiger partial charge in [-0.1, -0.05) is 37.0 Å². The molecule has 164 valence electrons. The van der Waals surface area contributed by atoms with Crippen molar-refractivity contribution in [3.05, 3.63) is 52.0 Å². The van der Waals surface area contributed by atoms with Gasteiger partial charge in [0, 0.05) is 34.9 Å². The Morgan fingerprint density at radius 2 is 1.87 bits per heavy atom. The first-order chi connectivity index (χ1) is 14.2. The standard InChI is InChI=1S/C21H27Cl2N3O4/c1-4-30-21(29)19(5-13(2)3)25-18(20(27)28)9-17-10-24-12-26(17)11-14-6-15(22)8-16(23)7-14/h6-8,10,12-13,18-19,25H,4-5,9,11H2,1-3H3,(H,27,28)/t18-,19-/m0/s1. The number of esters is 1. The lowest BCUT2D eigenvalue weighted by molar-refractivity contribution is -0.147. The van der Waals surface area contributed by atoms with E-state index in [1.165, 1.54) is 0 Å². The zero-order valence-electron chi connectivity index (χ0n) is 17.3. The third-order valence-corrected chi connectivity index (χ3v) is 4.90. The van der Waals surface area contributed by atoms with Crippen LogP contribution in [0.3, 0.4) is 0 Å². The molecular weight excluding hydrogens is 429 g/mol. The highest BCUT2D eigenvalue weighted by Gasteiger charge is 2.28. The molecule has 0 amide bonds. The molecule has 2 aromatic rings. The number of halogens is 2. The van der Waals surface area contributed by atoms with Gasteiger partial charge in [-0.2, -0.15) is 0 Å². The fraction of sp³-hybridized carbons (Fsp3) is 0.476. The van der Waals surface area contributed by atoms with Gasteiger partial charge in [0.15, 0.2) is 0 Å². The molecule has 0 spiro atoms. The highest BCUT2D eigenvalue weighted by atomic mass is 35.5. The van der Waals surface area contributed by atoms with Gasteiger partial charge in [0.2, 0.25) is 0 Å². The SMILES string of the molecule is CCOC(=O)[C@H](CC(C)C)N[C@@H](Cc1cncn1Cc1cc(Cl)cc(Cl)c1)C(=O)O. The van der Waals surface area contributed by atoms with E-state index in [2.05, 4.69) is 10.3 Å². The van der Waals surface area contributed by atoms with Gasteiger partial charge in [-0.15, -0.1) is 0 Å². The largest absolute Gasteiger partial charge is 0.480 e. The second kappa shape index (κ2) is 11.3. The first kappa shape index (κ1) is 24.2. The smallest absolute Gasteiger partial charge is 0.323 e.